The minimum Gasteiger partial charge on any atom is -0.343 e. The first-order chi connectivity index (χ1) is 9.22. The highest BCUT2D eigenvalue weighted by Gasteiger charge is 2.07. The lowest BCUT2D eigenvalue weighted by atomic mass is 10.1. The molecule has 0 saturated heterocycles. The second kappa shape index (κ2) is 4.53. The molecule has 2 aromatic heterocycles. The summed E-state index contributed by atoms with van der Waals surface area (Å²) in [5.41, 5.74) is 3.75. The van der Waals surface area contributed by atoms with Crippen molar-refractivity contribution in [2.75, 3.05) is 5.32 Å². The van der Waals surface area contributed by atoms with E-state index in [1.807, 2.05) is 31.2 Å². The Kier molecular flexibility index (Phi) is 2.72. The minimum absolute atomic E-state index is 0.149. The third-order valence-corrected chi connectivity index (χ3v) is 2.81. The summed E-state index contributed by atoms with van der Waals surface area (Å²) in [6, 6.07) is 9.25. The first-order valence-electron chi connectivity index (χ1n) is 5.89. The van der Waals surface area contributed by atoms with Crippen LogP contribution in [0, 0.1) is 6.92 Å². The van der Waals surface area contributed by atoms with Crippen molar-refractivity contribution in [3.05, 3.63) is 54.0 Å². The van der Waals surface area contributed by atoms with E-state index >= 15 is 0 Å². The highest BCUT2D eigenvalue weighted by Crippen LogP contribution is 2.14. The number of fused-ring (bicyclic) bond motifs is 1. The van der Waals surface area contributed by atoms with Gasteiger partial charge in [-0.25, -0.2) is 9.97 Å². The van der Waals surface area contributed by atoms with Gasteiger partial charge < -0.3 is 10.3 Å². The van der Waals surface area contributed by atoms with Gasteiger partial charge in [-0.1, -0.05) is 17.7 Å². The third-order valence-electron chi connectivity index (χ3n) is 2.81. The summed E-state index contributed by atoms with van der Waals surface area (Å²) in [5.74, 6) is -0.149. The van der Waals surface area contributed by atoms with E-state index in [4.69, 9.17) is 0 Å². The Hall–Kier alpha value is -2.69. The molecule has 3 aromatic rings. The number of aryl methyl sites for hydroxylation is 1. The molecule has 0 saturated carbocycles. The van der Waals surface area contributed by atoms with Crippen LogP contribution in [0.4, 0.5) is 5.69 Å². The number of rotatable bonds is 2. The number of nitrogens with one attached hydrogen (secondary N) is 2. The fraction of sp³-hybridized carbons (Fsp3) is 0.0714. The number of hydrogen-bond acceptors (Lipinski definition) is 3. The van der Waals surface area contributed by atoms with Crippen LogP contribution in [0.5, 0.6) is 0 Å². The molecule has 0 fully saturated rings. The number of pyridine rings is 1. The van der Waals surface area contributed by atoms with Crippen LogP contribution in [-0.2, 0) is 0 Å². The van der Waals surface area contributed by atoms with Crippen molar-refractivity contribution in [1.82, 2.24) is 15.0 Å². The number of aromatic nitrogens is 3. The summed E-state index contributed by atoms with van der Waals surface area (Å²) in [5, 5.41) is 2.82. The van der Waals surface area contributed by atoms with Gasteiger partial charge in [-0.05, 0) is 25.1 Å². The van der Waals surface area contributed by atoms with E-state index in [-0.39, 0.29) is 5.91 Å². The number of benzene rings is 1. The van der Waals surface area contributed by atoms with Crippen molar-refractivity contribution < 1.29 is 4.79 Å². The molecule has 3 rings (SSSR count). The Balaban J connectivity index is 1.86. The van der Waals surface area contributed by atoms with Gasteiger partial charge in [0.15, 0.2) is 5.65 Å². The van der Waals surface area contributed by atoms with Crippen molar-refractivity contribution in [3.63, 3.8) is 0 Å². The van der Waals surface area contributed by atoms with E-state index in [1.165, 1.54) is 0 Å². The monoisotopic (exact) mass is 252 g/mol. The first-order valence-corrected chi connectivity index (χ1v) is 5.89. The number of imidazole rings is 1. The van der Waals surface area contributed by atoms with E-state index in [2.05, 4.69) is 20.3 Å². The van der Waals surface area contributed by atoms with Gasteiger partial charge in [0.2, 0.25) is 0 Å². The number of anilines is 1. The van der Waals surface area contributed by atoms with Crippen molar-refractivity contribution >= 4 is 22.8 Å². The molecule has 94 valence electrons. The molecule has 19 heavy (non-hydrogen) atoms. The summed E-state index contributed by atoms with van der Waals surface area (Å²) in [6.45, 7) is 1.95. The highest BCUT2D eigenvalue weighted by atomic mass is 16.1. The molecule has 5 nitrogen and oxygen atoms in total. The second-order valence-electron chi connectivity index (χ2n) is 4.32. The van der Waals surface area contributed by atoms with E-state index < -0.39 is 0 Å². The zero-order chi connectivity index (χ0) is 13.2. The fourth-order valence-corrected chi connectivity index (χ4v) is 1.89. The van der Waals surface area contributed by atoms with Crippen LogP contribution in [0.3, 0.4) is 0 Å². The van der Waals surface area contributed by atoms with Crippen molar-refractivity contribution in [2.24, 2.45) is 0 Å². The molecule has 0 aliphatic rings. The third kappa shape index (κ3) is 2.30. The normalized spacial score (nSPS) is 10.6. The van der Waals surface area contributed by atoms with Gasteiger partial charge in [0.25, 0.3) is 5.91 Å². The fourth-order valence-electron chi connectivity index (χ4n) is 1.89. The summed E-state index contributed by atoms with van der Waals surface area (Å²) >= 11 is 0. The predicted octanol–water partition coefficient (Wildman–Crippen LogP) is 2.52. The van der Waals surface area contributed by atoms with E-state index in [9.17, 15) is 4.79 Å². The second-order valence-corrected chi connectivity index (χ2v) is 4.32. The van der Waals surface area contributed by atoms with Crippen molar-refractivity contribution in [1.29, 1.82) is 0 Å². The molecular formula is C14H12N4O. The average Bonchev–Trinajstić information content (AvgIpc) is 2.86. The Morgan fingerprint density at radius 2 is 2.16 bits per heavy atom. The van der Waals surface area contributed by atoms with Gasteiger partial charge >= 0.3 is 0 Å². The number of amides is 1. The molecular weight excluding hydrogens is 240 g/mol. The smallest absolute Gasteiger partial charge is 0.255 e. The Labute approximate surface area is 109 Å². The summed E-state index contributed by atoms with van der Waals surface area (Å²) in [7, 11) is 0. The summed E-state index contributed by atoms with van der Waals surface area (Å²) in [4.78, 5) is 23.2. The number of aromatic amines is 1. The Morgan fingerprint density at radius 1 is 1.26 bits per heavy atom. The molecule has 5 heteroatoms. The van der Waals surface area contributed by atoms with Crippen molar-refractivity contribution in [3.8, 4) is 0 Å². The summed E-state index contributed by atoms with van der Waals surface area (Å²) < 4.78 is 0. The van der Waals surface area contributed by atoms with Crippen molar-refractivity contribution in [2.45, 2.75) is 6.92 Å². The van der Waals surface area contributed by atoms with Gasteiger partial charge in [-0.15, -0.1) is 0 Å². The van der Waals surface area contributed by atoms with Gasteiger partial charge in [0, 0.05) is 5.56 Å². The molecule has 1 aromatic carbocycles. The lowest BCUT2D eigenvalue weighted by Crippen LogP contribution is -2.12. The Morgan fingerprint density at radius 3 is 3.00 bits per heavy atom. The zero-order valence-corrected chi connectivity index (χ0v) is 10.3. The molecule has 0 aliphatic heterocycles. The summed E-state index contributed by atoms with van der Waals surface area (Å²) in [6.07, 6.45) is 3.17. The maximum Gasteiger partial charge on any atom is 0.255 e. The lowest BCUT2D eigenvalue weighted by Gasteiger charge is -2.05. The molecule has 0 aliphatic carbocycles. The number of H-pyrrole nitrogens is 1. The molecule has 0 atom stereocenters. The quantitative estimate of drug-likeness (QED) is 0.736. The molecule has 0 radical (unpaired) electrons. The topological polar surface area (TPSA) is 70.7 Å². The van der Waals surface area contributed by atoms with Gasteiger partial charge in [0.1, 0.15) is 0 Å². The zero-order valence-electron chi connectivity index (χ0n) is 10.3. The molecule has 0 unspecified atom stereocenters. The van der Waals surface area contributed by atoms with Gasteiger partial charge in [0.05, 0.1) is 23.7 Å². The maximum absolute atomic E-state index is 12.1. The van der Waals surface area contributed by atoms with Crippen LogP contribution in [0.2, 0.25) is 0 Å². The number of nitrogens with zero attached hydrogens (tertiary/aromatic N) is 2. The first kappa shape index (κ1) is 11.4. The number of carbonyl (C=O) groups is 1. The highest BCUT2D eigenvalue weighted by molar-refractivity contribution is 6.04. The number of carbonyl (C=O) groups excluding carboxylic acids is 1. The maximum atomic E-state index is 12.1. The SMILES string of the molecule is Cc1cccc(C(=O)Nc2cnc3nc[nH]c3c2)c1. The largest absolute Gasteiger partial charge is 0.343 e. The Bertz CT molecular complexity index is 748. The van der Waals surface area contributed by atoms with E-state index in [0.29, 0.717) is 16.9 Å². The average molecular weight is 252 g/mol. The minimum atomic E-state index is -0.149. The molecule has 0 bridgehead atoms. The molecule has 1 amide bonds. The van der Waals surface area contributed by atoms with Crippen LogP contribution >= 0.6 is 0 Å². The van der Waals surface area contributed by atoms with E-state index in [1.54, 1.807) is 18.6 Å². The van der Waals surface area contributed by atoms with Gasteiger partial charge in [-0.2, -0.15) is 0 Å². The molecule has 0 spiro atoms. The predicted molar refractivity (Wildman–Crippen MR) is 73.0 cm³/mol. The molecule has 2 heterocycles. The lowest BCUT2D eigenvalue weighted by molar-refractivity contribution is 0.102. The molecule has 2 N–H and O–H groups in total. The van der Waals surface area contributed by atoms with E-state index in [0.717, 1.165) is 11.1 Å². The standard InChI is InChI=1S/C14H12N4O/c1-9-3-2-4-10(5-9)14(19)18-11-6-12-13(15-7-11)17-8-16-12/h2-8H,1H3,(H,18,19)(H,15,16,17). The number of hydrogen-bond donors (Lipinski definition) is 2. The van der Waals surface area contributed by atoms with Crippen LogP contribution in [0.25, 0.3) is 11.2 Å². The van der Waals surface area contributed by atoms with Crippen LogP contribution in [0.15, 0.2) is 42.9 Å². The van der Waals surface area contributed by atoms with Gasteiger partial charge in [-0.3, -0.25) is 4.79 Å². The van der Waals surface area contributed by atoms with Crippen LogP contribution < -0.4 is 5.32 Å². The van der Waals surface area contributed by atoms with Crippen LogP contribution in [-0.4, -0.2) is 20.9 Å². The van der Waals surface area contributed by atoms with Crippen LogP contribution in [0.1, 0.15) is 15.9 Å².